The van der Waals surface area contributed by atoms with Gasteiger partial charge in [0.05, 0.1) is 12.0 Å². The van der Waals surface area contributed by atoms with Crippen molar-refractivity contribution in [1.29, 1.82) is 0 Å². The molecule has 2 aliphatic carbocycles. The van der Waals surface area contributed by atoms with Crippen LogP contribution in [0.3, 0.4) is 0 Å². The van der Waals surface area contributed by atoms with Crippen LogP contribution >= 0.6 is 0 Å². The number of aliphatic hydroxyl groups is 1. The molecule has 3 nitrogen and oxygen atoms in total. The molecule has 2 saturated carbocycles. The molecule has 0 aromatic carbocycles. The minimum absolute atomic E-state index is 0.0462. The molecule has 4 atom stereocenters. The standard InChI is InChI=1S/C11H18O3/c1-10(2)6-4-5-11(10,3)7(8(6)12)9(13)14/h6-8,12H,4-5H2,1-3H3,(H,13,14). The summed E-state index contributed by atoms with van der Waals surface area (Å²) in [6.45, 7) is 6.20. The van der Waals surface area contributed by atoms with E-state index in [0.717, 1.165) is 12.8 Å². The predicted molar refractivity (Wildman–Crippen MR) is 51.7 cm³/mol. The van der Waals surface area contributed by atoms with Gasteiger partial charge in [0.2, 0.25) is 0 Å². The molecule has 2 fully saturated rings. The number of rotatable bonds is 1. The van der Waals surface area contributed by atoms with E-state index in [1.165, 1.54) is 0 Å². The van der Waals surface area contributed by atoms with Gasteiger partial charge in [-0.15, -0.1) is 0 Å². The van der Waals surface area contributed by atoms with Gasteiger partial charge in [0.25, 0.3) is 0 Å². The predicted octanol–water partition coefficient (Wildman–Crippen LogP) is 1.50. The SMILES string of the molecule is CC1(C)C2CCC1(C)C(C(=O)O)C2O. The molecule has 0 aliphatic heterocycles. The van der Waals surface area contributed by atoms with E-state index >= 15 is 0 Å². The summed E-state index contributed by atoms with van der Waals surface area (Å²) >= 11 is 0. The molecule has 0 aromatic heterocycles. The average Bonchev–Trinajstić information content (AvgIpc) is 2.30. The van der Waals surface area contributed by atoms with Gasteiger partial charge in [-0.2, -0.15) is 0 Å². The molecule has 0 saturated heterocycles. The normalized spacial score (nSPS) is 49.6. The van der Waals surface area contributed by atoms with Crippen molar-refractivity contribution in [2.45, 2.75) is 39.7 Å². The molecule has 0 radical (unpaired) electrons. The molecule has 2 aliphatic rings. The summed E-state index contributed by atoms with van der Waals surface area (Å²) in [5.74, 6) is -1.25. The van der Waals surface area contributed by atoms with Gasteiger partial charge in [0.15, 0.2) is 0 Å². The maximum atomic E-state index is 11.1. The highest BCUT2D eigenvalue weighted by Gasteiger charge is 2.68. The first kappa shape index (κ1) is 9.97. The third-order valence-electron chi connectivity index (χ3n) is 5.08. The first-order valence-electron chi connectivity index (χ1n) is 5.23. The Bertz CT molecular complexity index is 284. The highest BCUT2D eigenvalue weighted by atomic mass is 16.4. The van der Waals surface area contributed by atoms with Gasteiger partial charge in [-0.25, -0.2) is 0 Å². The van der Waals surface area contributed by atoms with Crippen molar-refractivity contribution < 1.29 is 15.0 Å². The first-order chi connectivity index (χ1) is 6.32. The van der Waals surface area contributed by atoms with Gasteiger partial charge >= 0.3 is 5.97 Å². The van der Waals surface area contributed by atoms with Crippen molar-refractivity contribution in [3.63, 3.8) is 0 Å². The largest absolute Gasteiger partial charge is 0.481 e. The fraction of sp³-hybridized carbons (Fsp3) is 0.909. The Labute approximate surface area is 84.1 Å². The lowest BCUT2D eigenvalue weighted by Gasteiger charge is -2.37. The maximum absolute atomic E-state index is 11.1. The summed E-state index contributed by atoms with van der Waals surface area (Å²) < 4.78 is 0. The fourth-order valence-corrected chi connectivity index (χ4v) is 3.74. The number of carbonyl (C=O) groups is 1. The number of fused-ring (bicyclic) bond motifs is 2. The molecule has 3 heteroatoms. The Balaban J connectivity index is 2.46. The van der Waals surface area contributed by atoms with E-state index in [2.05, 4.69) is 13.8 Å². The van der Waals surface area contributed by atoms with E-state index in [9.17, 15) is 9.90 Å². The highest BCUT2D eigenvalue weighted by molar-refractivity contribution is 5.73. The number of hydrogen-bond donors (Lipinski definition) is 2. The molecule has 2 N–H and O–H groups in total. The molecular weight excluding hydrogens is 180 g/mol. The van der Waals surface area contributed by atoms with E-state index in [0.29, 0.717) is 0 Å². The van der Waals surface area contributed by atoms with Crippen LogP contribution in [0.4, 0.5) is 0 Å². The van der Waals surface area contributed by atoms with Gasteiger partial charge in [-0.3, -0.25) is 4.79 Å². The summed E-state index contributed by atoms with van der Waals surface area (Å²) in [7, 11) is 0. The van der Waals surface area contributed by atoms with Crippen LogP contribution in [-0.2, 0) is 4.79 Å². The van der Waals surface area contributed by atoms with Crippen LogP contribution in [0.2, 0.25) is 0 Å². The van der Waals surface area contributed by atoms with Gasteiger partial charge in [0, 0.05) is 0 Å². The summed E-state index contributed by atoms with van der Waals surface area (Å²) in [5, 5.41) is 19.1. The second-order valence-electron chi connectivity index (χ2n) is 5.59. The van der Waals surface area contributed by atoms with Gasteiger partial charge in [-0.05, 0) is 29.6 Å². The van der Waals surface area contributed by atoms with Gasteiger partial charge < -0.3 is 10.2 Å². The zero-order chi connectivity index (χ0) is 10.7. The third-order valence-corrected chi connectivity index (χ3v) is 5.08. The minimum atomic E-state index is -0.838. The van der Waals surface area contributed by atoms with Crippen molar-refractivity contribution in [2.24, 2.45) is 22.7 Å². The molecule has 4 unspecified atom stereocenters. The quantitative estimate of drug-likeness (QED) is 0.671. The highest BCUT2D eigenvalue weighted by Crippen LogP contribution is 2.67. The molecule has 0 spiro atoms. The van der Waals surface area contributed by atoms with Crippen LogP contribution in [0.1, 0.15) is 33.6 Å². The van der Waals surface area contributed by atoms with Crippen molar-refractivity contribution in [3.8, 4) is 0 Å². The monoisotopic (exact) mass is 198 g/mol. The molecule has 80 valence electrons. The summed E-state index contributed by atoms with van der Waals surface area (Å²) in [6, 6.07) is 0. The molecule has 0 amide bonds. The maximum Gasteiger partial charge on any atom is 0.309 e. The number of carboxylic acid groups (broad SMARTS) is 1. The van der Waals surface area contributed by atoms with Crippen molar-refractivity contribution in [1.82, 2.24) is 0 Å². The fourth-order valence-electron chi connectivity index (χ4n) is 3.74. The van der Waals surface area contributed by atoms with Crippen LogP contribution in [0.15, 0.2) is 0 Å². The van der Waals surface area contributed by atoms with E-state index in [1.807, 2.05) is 6.92 Å². The van der Waals surface area contributed by atoms with E-state index in [-0.39, 0.29) is 16.7 Å². The molecule has 0 heterocycles. The van der Waals surface area contributed by atoms with Crippen molar-refractivity contribution in [2.75, 3.05) is 0 Å². The van der Waals surface area contributed by atoms with Crippen LogP contribution < -0.4 is 0 Å². The second kappa shape index (κ2) is 2.51. The van der Waals surface area contributed by atoms with E-state index in [4.69, 9.17) is 5.11 Å². The molecular formula is C11H18O3. The lowest BCUT2D eigenvalue weighted by molar-refractivity contribution is -0.151. The number of hydrogen-bond acceptors (Lipinski definition) is 2. The van der Waals surface area contributed by atoms with Crippen LogP contribution in [0, 0.1) is 22.7 Å². The third kappa shape index (κ3) is 0.842. The lowest BCUT2D eigenvalue weighted by Crippen LogP contribution is -2.40. The van der Waals surface area contributed by atoms with Crippen LogP contribution in [0.25, 0.3) is 0 Å². The molecule has 2 bridgehead atoms. The molecule has 2 rings (SSSR count). The lowest BCUT2D eigenvalue weighted by atomic mass is 9.66. The Hall–Kier alpha value is -0.570. The van der Waals surface area contributed by atoms with Crippen LogP contribution in [-0.4, -0.2) is 22.3 Å². The minimum Gasteiger partial charge on any atom is -0.481 e. The molecule has 0 aromatic rings. The van der Waals surface area contributed by atoms with Crippen LogP contribution in [0.5, 0.6) is 0 Å². The Morgan fingerprint density at radius 2 is 1.93 bits per heavy atom. The van der Waals surface area contributed by atoms with Crippen molar-refractivity contribution >= 4 is 5.97 Å². The zero-order valence-corrected chi connectivity index (χ0v) is 8.95. The smallest absolute Gasteiger partial charge is 0.309 e. The first-order valence-corrected chi connectivity index (χ1v) is 5.23. The second-order valence-corrected chi connectivity index (χ2v) is 5.59. The number of aliphatic hydroxyl groups excluding tert-OH is 1. The van der Waals surface area contributed by atoms with Gasteiger partial charge in [0.1, 0.15) is 0 Å². The number of aliphatic carboxylic acids is 1. The van der Waals surface area contributed by atoms with E-state index < -0.39 is 18.0 Å². The Morgan fingerprint density at radius 1 is 1.36 bits per heavy atom. The van der Waals surface area contributed by atoms with Crippen molar-refractivity contribution in [3.05, 3.63) is 0 Å². The summed E-state index contributed by atoms with van der Waals surface area (Å²) in [4.78, 5) is 11.1. The van der Waals surface area contributed by atoms with Gasteiger partial charge in [-0.1, -0.05) is 20.8 Å². The summed E-state index contributed by atoms with van der Waals surface area (Å²) in [5.41, 5.74) is -0.279. The number of carboxylic acids is 1. The zero-order valence-electron chi connectivity index (χ0n) is 8.95. The Morgan fingerprint density at radius 3 is 2.21 bits per heavy atom. The average molecular weight is 198 g/mol. The molecule has 14 heavy (non-hydrogen) atoms. The Kier molecular flexibility index (Phi) is 1.79. The topological polar surface area (TPSA) is 57.5 Å². The van der Waals surface area contributed by atoms with E-state index in [1.54, 1.807) is 0 Å². The summed E-state index contributed by atoms with van der Waals surface area (Å²) in [6.07, 6.45) is 1.24.